The van der Waals surface area contributed by atoms with Crippen molar-refractivity contribution >= 4 is 45.3 Å². The number of carbonyl (C=O) groups is 4. The van der Waals surface area contributed by atoms with Gasteiger partial charge in [-0.2, -0.15) is 0 Å². The van der Waals surface area contributed by atoms with E-state index in [9.17, 15) is 24.3 Å². The highest BCUT2D eigenvalue weighted by Crippen LogP contribution is 2.23. The molecule has 3 aromatic carbocycles. The highest BCUT2D eigenvalue weighted by atomic mass is 79.9. The number of fused-ring (bicyclic) bond motifs is 1. The summed E-state index contributed by atoms with van der Waals surface area (Å²) in [7, 11) is 0. The average Bonchev–Trinajstić information content (AvgIpc) is 3.05. The van der Waals surface area contributed by atoms with E-state index in [4.69, 9.17) is 4.74 Å². The number of anilines is 1. The lowest BCUT2D eigenvalue weighted by atomic mass is 10.1. The van der Waals surface area contributed by atoms with Crippen LogP contribution in [0.25, 0.3) is 0 Å². The van der Waals surface area contributed by atoms with Crippen LogP contribution in [-0.4, -0.2) is 46.8 Å². The van der Waals surface area contributed by atoms with Crippen molar-refractivity contribution < 1.29 is 29.0 Å². The number of aromatic carboxylic acids is 1. The van der Waals surface area contributed by atoms with E-state index in [0.29, 0.717) is 26.9 Å². The number of nitrogens with zero attached hydrogens (tertiary/aromatic N) is 1. The Hall–Kier alpha value is -3.98. The Kier molecular flexibility index (Phi) is 6.23. The van der Waals surface area contributed by atoms with E-state index < -0.39 is 11.9 Å². The molecule has 33 heavy (non-hydrogen) atoms. The van der Waals surface area contributed by atoms with Crippen molar-refractivity contribution in [1.82, 2.24) is 4.90 Å². The molecule has 3 amide bonds. The molecule has 166 valence electrons. The van der Waals surface area contributed by atoms with Gasteiger partial charge in [0, 0.05) is 10.0 Å². The van der Waals surface area contributed by atoms with E-state index in [1.54, 1.807) is 42.5 Å². The Morgan fingerprint density at radius 3 is 2.18 bits per heavy atom. The number of rotatable bonds is 7. The van der Waals surface area contributed by atoms with Gasteiger partial charge >= 0.3 is 5.97 Å². The molecule has 0 saturated carbocycles. The summed E-state index contributed by atoms with van der Waals surface area (Å²) in [4.78, 5) is 49.8. The topological polar surface area (TPSA) is 113 Å². The zero-order valence-electron chi connectivity index (χ0n) is 17.1. The highest BCUT2D eigenvalue weighted by Gasteiger charge is 2.34. The first-order chi connectivity index (χ1) is 15.8. The van der Waals surface area contributed by atoms with Gasteiger partial charge in [-0.25, -0.2) is 4.79 Å². The zero-order chi connectivity index (χ0) is 23.5. The highest BCUT2D eigenvalue weighted by molar-refractivity contribution is 9.10. The molecule has 4 rings (SSSR count). The minimum absolute atomic E-state index is 0.0363. The first-order valence-electron chi connectivity index (χ1n) is 9.87. The van der Waals surface area contributed by atoms with Gasteiger partial charge in [-0.15, -0.1) is 0 Å². The molecule has 0 unspecified atom stereocenters. The molecule has 1 aliphatic rings. The number of halogens is 1. The van der Waals surface area contributed by atoms with E-state index in [1.165, 1.54) is 24.3 Å². The molecule has 0 fully saturated rings. The van der Waals surface area contributed by atoms with Crippen LogP contribution in [0.1, 0.15) is 41.4 Å². The molecule has 1 heterocycles. The van der Waals surface area contributed by atoms with Crippen molar-refractivity contribution in [2.24, 2.45) is 0 Å². The Morgan fingerprint density at radius 1 is 0.939 bits per heavy atom. The van der Waals surface area contributed by atoms with Crippen LogP contribution in [-0.2, 0) is 0 Å². The summed E-state index contributed by atoms with van der Waals surface area (Å²) in [6.45, 7) is 0.188. The van der Waals surface area contributed by atoms with Gasteiger partial charge in [0.25, 0.3) is 17.7 Å². The lowest BCUT2D eigenvalue weighted by molar-refractivity contribution is 0.0628. The molecule has 9 heteroatoms. The predicted molar refractivity (Wildman–Crippen MR) is 123 cm³/mol. The minimum Gasteiger partial charge on any atom is -0.492 e. The van der Waals surface area contributed by atoms with Gasteiger partial charge in [-0.3, -0.25) is 19.3 Å². The largest absolute Gasteiger partial charge is 0.492 e. The maximum atomic E-state index is 12.5. The summed E-state index contributed by atoms with van der Waals surface area (Å²) in [5, 5.41) is 11.9. The number of amides is 3. The molecule has 3 aromatic rings. The minimum atomic E-state index is -1.16. The summed E-state index contributed by atoms with van der Waals surface area (Å²) in [5.41, 5.74) is 1.22. The smallest absolute Gasteiger partial charge is 0.337 e. The molecule has 2 N–H and O–H groups in total. The molecule has 0 spiro atoms. The first-order valence-corrected chi connectivity index (χ1v) is 10.7. The number of carboxylic acids is 1. The van der Waals surface area contributed by atoms with Crippen molar-refractivity contribution in [2.75, 3.05) is 18.5 Å². The third kappa shape index (κ3) is 4.63. The van der Waals surface area contributed by atoms with Crippen molar-refractivity contribution in [3.8, 4) is 5.75 Å². The van der Waals surface area contributed by atoms with Crippen LogP contribution in [0.2, 0.25) is 0 Å². The second-order valence-electron chi connectivity index (χ2n) is 7.13. The number of imide groups is 1. The number of nitrogens with one attached hydrogen (secondary N) is 1. The van der Waals surface area contributed by atoms with Crippen molar-refractivity contribution in [3.63, 3.8) is 0 Å². The Morgan fingerprint density at radius 2 is 1.58 bits per heavy atom. The van der Waals surface area contributed by atoms with Gasteiger partial charge < -0.3 is 15.2 Å². The van der Waals surface area contributed by atoms with E-state index in [2.05, 4.69) is 21.2 Å². The van der Waals surface area contributed by atoms with Gasteiger partial charge in [-0.05, 0) is 54.6 Å². The number of hydrogen-bond donors (Lipinski definition) is 2. The second-order valence-corrected chi connectivity index (χ2v) is 8.05. The maximum absolute atomic E-state index is 12.5. The second kappa shape index (κ2) is 9.25. The molecule has 1 aliphatic heterocycles. The third-order valence-corrected chi connectivity index (χ3v) is 5.53. The summed E-state index contributed by atoms with van der Waals surface area (Å²) in [5.74, 6) is -1.87. The fraction of sp³-hybridized carbons (Fsp3) is 0.0833. The van der Waals surface area contributed by atoms with Gasteiger partial charge in [-0.1, -0.05) is 28.1 Å². The van der Waals surface area contributed by atoms with Gasteiger partial charge in [0.1, 0.15) is 12.4 Å². The van der Waals surface area contributed by atoms with Gasteiger partial charge in [0.05, 0.1) is 28.9 Å². The van der Waals surface area contributed by atoms with E-state index in [-0.39, 0.29) is 36.2 Å². The quantitative estimate of drug-likeness (QED) is 0.465. The summed E-state index contributed by atoms with van der Waals surface area (Å²) >= 11 is 3.21. The molecule has 0 saturated heterocycles. The summed E-state index contributed by atoms with van der Waals surface area (Å²) in [6, 6.07) is 17.4. The number of benzene rings is 3. The van der Waals surface area contributed by atoms with Crippen LogP contribution in [0.3, 0.4) is 0 Å². The maximum Gasteiger partial charge on any atom is 0.337 e. The number of carboxylic acid groups (broad SMARTS) is 1. The number of ether oxygens (including phenoxy) is 1. The summed E-state index contributed by atoms with van der Waals surface area (Å²) in [6.07, 6.45) is 0. The number of carbonyl (C=O) groups excluding carboxylic acids is 3. The Balaban J connectivity index is 1.35. The lowest BCUT2D eigenvalue weighted by Gasteiger charge is -2.14. The molecule has 0 bridgehead atoms. The molecular weight excluding hydrogens is 492 g/mol. The van der Waals surface area contributed by atoms with Crippen molar-refractivity contribution in [1.29, 1.82) is 0 Å². The fourth-order valence-corrected chi connectivity index (χ4v) is 3.76. The Bertz CT molecular complexity index is 1240. The Labute approximate surface area is 196 Å². The van der Waals surface area contributed by atoms with Crippen LogP contribution in [0, 0.1) is 0 Å². The standard InChI is InChI=1S/C24H17BrN2O6/c25-15-7-10-20(19(13-15)24(31)32)26-21(28)14-5-8-16(9-6-14)33-12-11-27-22(29)17-3-1-2-4-18(17)23(27)30/h1-10,13H,11-12H2,(H,26,28)(H,31,32). The molecular formula is C24H17BrN2O6. The van der Waals surface area contributed by atoms with Crippen LogP contribution >= 0.6 is 15.9 Å². The van der Waals surface area contributed by atoms with Crippen LogP contribution in [0.4, 0.5) is 5.69 Å². The van der Waals surface area contributed by atoms with Crippen LogP contribution in [0.15, 0.2) is 71.2 Å². The van der Waals surface area contributed by atoms with Crippen LogP contribution in [0.5, 0.6) is 5.75 Å². The van der Waals surface area contributed by atoms with Crippen molar-refractivity contribution in [2.45, 2.75) is 0 Å². The SMILES string of the molecule is O=C(Nc1ccc(Br)cc1C(=O)O)c1ccc(OCCN2C(=O)c3ccccc3C2=O)cc1. The molecule has 0 aromatic heterocycles. The first kappa shape index (κ1) is 22.2. The molecule has 0 radical (unpaired) electrons. The van der Waals surface area contributed by atoms with E-state index >= 15 is 0 Å². The number of hydrogen-bond acceptors (Lipinski definition) is 5. The molecule has 8 nitrogen and oxygen atoms in total. The van der Waals surface area contributed by atoms with Gasteiger partial charge in [0.2, 0.25) is 0 Å². The average molecular weight is 509 g/mol. The molecule has 0 atom stereocenters. The van der Waals surface area contributed by atoms with Crippen molar-refractivity contribution in [3.05, 3.63) is 93.5 Å². The van der Waals surface area contributed by atoms with E-state index in [0.717, 1.165) is 4.90 Å². The normalized spacial score (nSPS) is 12.5. The molecule has 0 aliphatic carbocycles. The summed E-state index contributed by atoms with van der Waals surface area (Å²) < 4.78 is 6.20. The van der Waals surface area contributed by atoms with E-state index in [1.807, 2.05) is 0 Å². The zero-order valence-corrected chi connectivity index (χ0v) is 18.7. The lowest BCUT2D eigenvalue weighted by Crippen LogP contribution is -2.33. The predicted octanol–water partition coefficient (Wildman–Crippen LogP) is 4.07. The third-order valence-electron chi connectivity index (χ3n) is 5.04. The monoisotopic (exact) mass is 508 g/mol. The van der Waals surface area contributed by atoms with Gasteiger partial charge in [0.15, 0.2) is 0 Å². The van der Waals surface area contributed by atoms with Crippen LogP contribution < -0.4 is 10.1 Å². The fourth-order valence-electron chi connectivity index (χ4n) is 3.40.